The summed E-state index contributed by atoms with van der Waals surface area (Å²) in [5, 5.41) is 9.23. The molecule has 0 saturated heterocycles. The number of hydrogen-bond acceptors (Lipinski definition) is 2. The molecule has 0 aromatic heterocycles. The molecule has 5 heteroatoms. The smallest absolute Gasteiger partial charge is 0.418 e. The van der Waals surface area contributed by atoms with E-state index in [1.165, 1.54) is 0 Å². The molecule has 0 amide bonds. The lowest BCUT2D eigenvalue weighted by molar-refractivity contribution is -0.136. The van der Waals surface area contributed by atoms with Crippen molar-refractivity contribution in [1.82, 2.24) is 0 Å². The van der Waals surface area contributed by atoms with Crippen LogP contribution in [0.1, 0.15) is 18.1 Å². The number of hydrogen-bond donors (Lipinski definition) is 2. The van der Waals surface area contributed by atoms with E-state index < -0.39 is 17.4 Å². The summed E-state index contributed by atoms with van der Waals surface area (Å²) in [6.45, 7) is 1.66. The van der Waals surface area contributed by atoms with E-state index in [4.69, 9.17) is 5.73 Å². The molecule has 0 unspecified atom stereocenters. The van der Waals surface area contributed by atoms with Crippen molar-refractivity contribution in [3.05, 3.63) is 23.3 Å². The highest BCUT2D eigenvalue weighted by Crippen LogP contribution is 2.36. The van der Waals surface area contributed by atoms with Crippen molar-refractivity contribution < 1.29 is 18.3 Å². The molecule has 0 bridgehead atoms. The molecule has 0 aliphatic rings. The maximum atomic E-state index is 12.3. The number of phenols is 1. The second-order valence-corrected chi connectivity index (χ2v) is 2.92. The molecule has 2 nitrogen and oxygen atoms in total. The van der Waals surface area contributed by atoms with Gasteiger partial charge in [0.2, 0.25) is 0 Å². The van der Waals surface area contributed by atoms with E-state index in [9.17, 15) is 18.3 Å². The van der Waals surface area contributed by atoms with Crippen molar-refractivity contribution in [3.63, 3.8) is 0 Å². The fourth-order valence-corrected chi connectivity index (χ4v) is 1.18. The Morgan fingerprint density at radius 3 is 2.36 bits per heavy atom. The molecular weight excluding hydrogens is 195 g/mol. The first-order valence-corrected chi connectivity index (χ1v) is 4.04. The van der Waals surface area contributed by atoms with Crippen LogP contribution in [0.3, 0.4) is 0 Å². The van der Waals surface area contributed by atoms with Crippen LogP contribution in [0.15, 0.2) is 12.1 Å². The second-order valence-electron chi connectivity index (χ2n) is 2.92. The lowest BCUT2D eigenvalue weighted by atomic mass is 10.1. The fourth-order valence-electron chi connectivity index (χ4n) is 1.18. The average Bonchev–Trinajstić information content (AvgIpc) is 2.02. The lowest BCUT2D eigenvalue weighted by Gasteiger charge is -2.12. The Bertz CT molecular complexity index is 347. The van der Waals surface area contributed by atoms with Gasteiger partial charge in [-0.2, -0.15) is 13.2 Å². The third kappa shape index (κ3) is 1.92. The van der Waals surface area contributed by atoms with Crippen molar-refractivity contribution in [2.75, 3.05) is 5.73 Å². The zero-order valence-corrected chi connectivity index (χ0v) is 7.52. The van der Waals surface area contributed by atoms with Crippen molar-refractivity contribution >= 4 is 5.69 Å². The minimum atomic E-state index is -4.47. The maximum absolute atomic E-state index is 12.3. The van der Waals surface area contributed by atoms with Gasteiger partial charge in [-0.25, -0.2) is 0 Å². The molecule has 0 heterocycles. The van der Waals surface area contributed by atoms with Crippen molar-refractivity contribution in [2.24, 2.45) is 0 Å². The Labute approximate surface area is 79.2 Å². The van der Waals surface area contributed by atoms with E-state index in [-0.39, 0.29) is 11.3 Å². The number of anilines is 1. The van der Waals surface area contributed by atoms with Gasteiger partial charge in [-0.05, 0) is 18.1 Å². The van der Waals surface area contributed by atoms with Gasteiger partial charge >= 0.3 is 6.18 Å². The number of aromatic hydroxyl groups is 1. The Hall–Kier alpha value is -1.39. The highest BCUT2D eigenvalue weighted by Gasteiger charge is 2.33. The van der Waals surface area contributed by atoms with Crippen LogP contribution in [0.25, 0.3) is 0 Å². The molecule has 0 atom stereocenters. The molecule has 0 fully saturated rings. The van der Waals surface area contributed by atoms with Crippen LogP contribution in [-0.2, 0) is 12.6 Å². The van der Waals surface area contributed by atoms with Crippen LogP contribution >= 0.6 is 0 Å². The zero-order chi connectivity index (χ0) is 10.9. The Morgan fingerprint density at radius 2 is 1.93 bits per heavy atom. The summed E-state index contributed by atoms with van der Waals surface area (Å²) in [6, 6.07) is 1.81. The standard InChI is InChI=1S/C9H10F3NO/c1-2-5-3-6(9(10,11)12)7(13)4-8(5)14/h3-4,14H,2,13H2,1H3. The van der Waals surface area contributed by atoms with E-state index in [2.05, 4.69) is 0 Å². The SMILES string of the molecule is CCc1cc(C(F)(F)F)c(N)cc1O. The van der Waals surface area contributed by atoms with E-state index in [1.807, 2.05) is 0 Å². The molecule has 1 aromatic carbocycles. The van der Waals surface area contributed by atoms with Crippen LogP contribution in [0, 0.1) is 0 Å². The Morgan fingerprint density at radius 1 is 1.36 bits per heavy atom. The number of nitrogens with two attached hydrogens (primary N) is 1. The van der Waals surface area contributed by atoms with Crippen molar-refractivity contribution in [1.29, 1.82) is 0 Å². The summed E-state index contributed by atoms with van der Waals surface area (Å²) < 4.78 is 37.0. The number of rotatable bonds is 1. The molecule has 0 spiro atoms. The number of phenolic OH excluding ortho intramolecular Hbond substituents is 1. The molecule has 1 rings (SSSR count). The first kappa shape index (κ1) is 10.7. The monoisotopic (exact) mass is 205 g/mol. The predicted molar refractivity (Wildman–Crippen MR) is 46.9 cm³/mol. The summed E-state index contributed by atoms with van der Waals surface area (Å²) in [7, 11) is 0. The second kappa shape index (κ2) is 3.40. The van der Waals surface area contributed by atoms with Crippen molar-refractivity contribution in [3.8, 4) is 5.75 Å². The van der Waals surface area contributed by atoms with Crippen LogP contribution in [0.4, 0.5) is 18.9 Å². The molecule has 0 aliphatic heterocycles. The van der Waals surface area contributed by atoms with Crippen LogP contribution in [-0.4, -0.2) is 5.11 Å². The van der Waals surface area contributed by atoms with Gasteiger partial charge in [0.25, 0.3) is 0 Å². The average molecular weight is 205 g/mol. The number of alkyl halides is 3. The summed E-state index contributed by atoms with van der Waals surface area (Å²) in [4.78, 5) is 0. The maximum Gasteiger partial charge on any atom is 0.418 e. The molecule has 3 N–H and O–H groups in total. The molecule has 1 aromatic rings. The van der Waals surface area contributed by atoms with E-state index >= 15 is 0 Å². The van der Waals surface area contributed by atoms with E-state index in [0.717, 1.165) is 12.1 Å². The molecule has 14 heavy (non-hydrogen) atoms. The third-order valence-corrected chi connectivity index (χ3v) is 1.94. The van der Waals surface area contributed by atoms with Crippen LogP contribution in [0.2, 0.25) is 0 Å². The van der Waals surface area contributed by atoms with Gasteiger partial charge in [-0.15, -0.1) is 0 Å². The number of benzene rings is 1. The molecular formula is C9H10F3NO. The van der Waals surface area contributed by atoms with Gasteiger partial charge in [0.1, 0.15) is 5.75 Å². The van der Waals surface area contributed by atoms with Gasteiger partial charge < -0.3 is 10.8 Å². The van der Waals surface area contributed by atoms with Gasteiger partial charge in [-0.3, -0.25) is 0 Å². The minimum absolute atomic E-state index is 0.196. The Balaban J connectivity index is 3.32. The first-order chi connectivity index (χ1) is 6.36. The summed E-state index contributed by atoms with van der Waals surface area (Å²) in [5.41, 5.74) is 4.05. The highest BCUT2D eigenvalue weighted by molar-refractivity contribution is 5.55. The topological polar surface area (TPSA) is 46.2 Å². The van der Waals surface area contributed by atoms with Gasteiger partial charge in [0.15, 0.2) is 0 Å². The summed E-state index contributed by atoms with van der Waals surface area (Å²) >= 11 is 0. The summed E-state index contributed by atoms with van der Waals surface area (Å²) in [5.74, 6) is -0.196. The molecule has 78 valence electrons. The largest absolute Gasteiger partial charge is 0.508 e. The molecule has 0 radical (unpaired) electrons. The van der Waals surface area contributed by atoms with Crippen molar-refractivity contribution in [2.45, 2.75) is 19.5 Å². The van der Waals surface area contributed by atoms with Crippen LogP contribution < -0.4 is 5.73 Å². The Kier molecular flexibility index (Phi) is 2.59. The minimum Gasteiger partial charge on any atom is -0.508 e. The van der Waals surface area contributed by atoms with Gasteiger partial charge in [0.05, 0.1) is 5.56 Å². The number of nitrogen functional groups attached to an aromatic ring is 1. The van der Waals surface area contributed by atoms with Gasteiger partial charge in [-0.1, -0.05) is 6.92 Å². The van der Waals surface area contributed by atoms with Gasteiger partial charge in [0, 0.05) is 11.8 Å². The van der Waals surface area contributed by atoms with Crippen LogP contribution in [0.5, 0.6) is 5.75 Å². The number of aryl methyl sites for hydroxylation is 1. The fraction of sp³-hybridized carbons (Fsp3) is 0.333. The molecule has 0 aliphatic carbocycles. The zero-order valence-electron chi connectivity index (χ0n) is 7.52. The quantitative estimate of drug-likeness (QED) is 0.692. The van der Waals surface area contributed by atoms with E-state index in [0.29, 0.717) is 6.42 Å². The van der Waals surface area contributed by atoms with E-state index in [1.54, 1.807) is 6.92 Å². The normalized spacial score (nSPS) is 11.7. The first-order valence-electron chi connectivity index (χ1n) is 4.04. The lowest BCUT2D eigenvalue weighted by Crippen LogP contribution is -2.09. The predicted octanol–water partition coefficient (Wildman–Crippen LogP) is 2.56. The third-order valence-electron chi connectivity index (χ3n) is 1.94. The number of halogens is 3. The summed E-state index contributed by atoms with van der Waals surface area (Å²) in [6.07, 6.45) is -4.14. The molecule has 0 saturated carbocycles. The highest BCUT2D eigenvalue weighted by atomic mass is 19.4.